The summed E-state index contributed by atoms with van der Waals surface area (Å²) in [4.78, 5) is 14.7. The number of hydrazone groups is 1. The summed E-state index contributed by atoms with van der Waals surface area (Å²) in [5.41, 5.74) is 2.98. The fraction of sp³-hybridized carbons (Fsp3) is 0.636. The molecule has 2 saturated carbocycles. The predicted molar refractivity (Wildman–Crippen MR) is 107 cm³/mol. The number of amides is 1. The lowest BCUT2D eigenvalue weighted by atomic mass is 9.68. The number of rotatable bonds is 2. The maximum atomic E-state index is 12.1. The van der Waals surface area contributed by atoms with Gasteiger partial charge in [-0.3, -0.25) is 9.69 Å². The van der Waals surface area contributed by atoms with Gasteiger partial charge in [-0.2, -0.15) is 10.2 Å². The van der Waals surface area contributed by atoms with E-state index in [1.807, 2.05) is 6.07 Å². The molecule has 1 saturated heterocycles. The highest BCUT2D eigenvalue weighted by Gasteiger charge is 2.46. The molecule has 2 N–H and O–H groups in total. The number of likely N-dealkylation sites (tertiary alicyclic amines) is 1. The highest BCUT2D eigenvalue weighted by atomic mass is 16.7. The third-order valence-corrected chi connectivity index (χ3v) is 7.68. The molecule has 1 amide bonds. The number of piperidine rings is 1. The number of carbonyl (C=O) groups is 1. The van der Waals surface area contributed by atoms with Crippen LogP contribution in [0.25, 0.3) is 0 Å². The van der Waals surface area contributed by atoms with E-state index in [1.165, 1.54) is 19.3 Å². The van der Waals surface area contributed by atoms with Crippen molar-refractivity contribution in [2.45, 2.75) is 63.4 Å². The van der Waals surface area contributed by atoms with E-state index in [4.69, 9.17) is 15.3 Å². The zero-order valence-corrected chi connectivity index (χ0v) is 16.7. The molecule has 2 atom stereocenters. The third-order valence-electron chi connectivity index (χ3n) is 7.68. The van der Waals surface area contributed by atoms with Crippen LogP contribution in [0.4, 0.5) is 0 Å². The maximum absolute atomic E-state index is 12.1. The molecule has 2 aliphatic carbocycles. The van der Waals surface area contributed by atoms with E-state index in [9.17, 15) is 4.79 Å². The molecule has 1 aromatic rings. The minimum Gasteiger partial charge on any atom is -0.462 e. The lowest BCUT2D eigenvalue weighted by Gasteiger charge is -2.47. The van der Waals surface area contributed by atoms with Crippen molar-refractivity contribution in [3.8, 4) is 5.75 Å². The van der Waals surface area contributed by atoms with Crippen LogP contribution in [0.15, 0.2) is 23.3 Å². The Kier molecular flexibility index (Phi) is 4.02. The molecule has 7 heteroatoms. The van der Waals surface area contributed by atoms with E-state index in [0.29, 0.717) is 6.61 Å². The van der Waals surface area contributed by atoms with Gasteiger partial charge in [-0.15, -0.1) is 0 Å². The molecule has 3 fully saturated rings. The summed E-state index contributed by atoms with van der Waals surface area (Å²) in [6.07, 6.45) is 7.80. The summed E-state index contributed by atoms with van der Waals surface area (Å²) in [6.45, 7) is 2.66. The Morgan fingerprint density at radius 3 is 2.59 bits per heavy atom. The number of nitrogens with zero attached hydrogens (tertiary/aromatic N) is 3. The summed E-state index contributed by atoms with van der Waals surface area (Å²) in [5.74, 6) is 6.36. The van der Waals surface area contributed by atoms with Crippen LogP contribution >= 0.6 is 0 Å². The van der Waals surface area contributed by atoms with Crippen molar-refractivity contribution in [2.75, 3.05) is 13.1 Å². The molecule has 154 valence electrons. The normalized spacial score (nSPS) is 31.3. The number of nitrogens with two attached hydrogens (primary N) is 1. The van der Waals surface area contributed by atoms with Crippen molar-refractivity contribution in [1.82, 2.24) is 10.0 Å². The van der Waals surface area contributed by atoms with Gasteiger partial charge in [0.1, 0.15) is 5.75 Å². The van der Waals surface area contributed by atoms with Crippen molar-refractivity contribution >= 4 is 11.6 Å². The molecule has 7 nitrogen and oxygen atoms in total. The lowest BCUT2D eigenvalue weighted by molar-refractivity contribution is -0.231. The minimum absolute atomic E-state index is 0.0137. The molecule has 3 aliphatic heterocycles. The van der Waals surface area contributed by atoms with Crippen LogP contribution in [-0.4, -0.2) is 46.6 Å². The first-order chi connectivity index (χ1) is 14.1. The number of hydrogen-bond donors (Lipinski definition) is 1. The summed E-state index contributed by atoms with van der Waals surface area (Å²) >= 11 is 0. The van der Waals surface area contributed by atoms with E-state index in [1.54, 1.807) is 0 Å². The van der Waals surface area contributed by atoms with Crippen LogP contribution < -0.4 is 10.6 Å². The van der Waals surface area contributed by atoms with E-state index in [-0.39, 0.29) is 17.7 Å². The zero-order chi connectivity index (χ0) is 19.6. The zero-order valence-electron chi connectivity index (χ0n) is 16.7. The van der Waals surface area contributed by atoms with Crippen molar-refractivity contribution in [2.24, 2.45) is 22.8 Å². The van der Waals surface area contributed by atoms with Crippen molar-refractivity contribution in [1.29, 1.82) is 0 Å². The van der Waals surface area contributed by atoms with Gasteiger partial charge in [0.05, 0.1) is 12.3 Å². The Morgan fingerprint density at radius 1 is 1.10 bits per heavy atom. The first-order valence-corrected chi connectivity index (χ1v) is 11.0. The fourth-order valence-corrected chi connectivity index (χ4v) is 5.42. The van der Waals surface area contributed by atoms with Crippen LogP contribution in [0.5, 0.6) is 5.75 Å². The van der Waals surface area contributed by atoms with Gasteiger partial charge in [0.15, 0.2) is 0 Å². The minimum atomic E-state index is -0.476. The molecule has 29 heavy (non-hydrogen) atoms. The van der Waals surface area contributed by atoms with Gasteiger partial charge in [-0.05, 0) is 49.4 Å². The van der Waals surface area contributed by atoms with Crippen LogP contribution in [-0.2, 0) is 16.1 Å². The second-order valence-corrected chi connectivity index (χ2v) is 9.20. The number of fused-ring (bicyclic) bond motifs is 2. The summed E-state index contributed by atoms with van der Waals surface area (Å²) in [7, 11) is 0. The quantitative estimate of drug-likeness (QED) is 0.613. The standard InChI is InChI=1S/C22H28N4O3/c23-26-21(27)18-6-5-17(18)20(24-26)14-4-7-19-15(12-14)13-28-22(29-19)8-10-25(11-9-22)16-2-1-3-16/h4,7,12,16-18H,1-3,5-6,8-11,13,23H2. The molecule has 0 radical (unpaired) electrons. The first-order valence-electron chi connectivity index (χ1n) is 11.0. The van der Waals surface area contributed by atoms with Crippen LogP contribution in [0, 0.1) is 11.8 Å². The highest BCUT2D eigenvalue weighted by molar-refractivity contribution is 6.07. The molecule has 1 spiro atoms. The van der Waals surface area contributed by atoms with E-state index < -0.39 is 5.79 Å². The molecule has 3 heterocycles. The number of benzene rings is 1. The van der Waals surface area contributed by atoms with E-state index >= 15 is 0 Å². The summed E-state index contributed by atoms with van der Waals surface area (Å²) in [5, 5.41) is 5.40. The second kappa shape index (κ2) is 6.52. The van der Waals surface area contributed by atoms with E-state index in [0.717, 1.165) is 72.5 Å². The number of ether oxygens (including phenoxy) is 2. The number of hydrazine groups is 1. The van der Waals surface area contributed by atoms with Crippen LogP contribution in [0.3, 0.4) is 0 Å². The molecular formula is C22H28N4O3. The lowest BCUT2D eigenvalue weighted by Crippen LogP contribution is -2.54. The van der Waals surface area contributed by atoms with Gasteiger partial charge < -0.3 is 9.47 Å². The van der Waals surface area contributed by atoms with Gasteiger partial charge >= 0.3 is 0 Å². The average molecular weight is 396 g/mol. The largest absolute Gasteiger partial charge is 0.462 e. The summed E-state index contributed by atoms with van der Waals surface area (Å²) in [6, 6.07) is 6.98. The Hall–Kier alpha value is -1.96. The molecule has 1 aromatic carbocycles. The predicted octanol–water partition coefficient (Wildman–Crippen LogP) is 2.39. The fourth-order valence-electron chi connectivity index (χ4n) is 5.42. The van der Waals surface area contributed by atoms with Gasteiger partial charge in [0, 0.05) is 49.4 Å². The number of hydrogen-bond acceptors (Lipinski definition) is 6. The van der Waals surface area contributed by atoms with Crippen molar-refractivity contribution < 1.29 is 14.3 Å². The van der Waals surface area contributed by atoms with Gasteiger partial charge in [-0.1, -0.05) is 6.42 Å². The third kappa shape index (κ3) is 2.82. The van der Waals surface area contributed by atoms with Crippen molar-refractivity contribution in [3.63, 3.8) is 0 Å². The average Bonchev–Trinajstić information content (AvgIpc) is 2.66. The molecule has 2 unspecified atom stereocenters. The Labute approximate surface area is 170 Å². The van der Waals surface area contributed by atoms with Gasteiger partial charge in [0.2, 0.25) is 5.79 Å². The molecule has 6 rings (SSSR count). The Bertz CT molecular complexity index is 873. The first kappa shape index (κ1) is 17.9. The monoisotopic (exact) mass is 396 g/mol. The molecule has 5 aliphatic rings. The molecule has 0 aromatic heterocycles. The Morgan fingerprint density at radius 2 is 1.90 bits per heavy atom. The van der Waals surface area contributed by atoms with Crippen molar-refractivity contribution in [3.05, 3.63) is 29.3 Å². The maximum Gasteiger partial charge on any atom is 0.261 e. The molecule has 0 bridgehead atoms. The topological polar surface area (TPSA) is 80.4 Å². The second-order valence-electron chi connectivity index (χ2n) is 9.20. The molecular weight excluding hydrogens is 368 g/mol. The van der Waals surface area contributed by atoms with Gasteiger partial charge in [0.25, 0.3) is 5.91 Å². The summed E-state index contributed by atoms with van der Waals surface area (Å²) < 4.78 is 12.7. The van der Waals surface area contributed by atoms with E-state index in [2.05, 4.69) is 22.1 Å². The highest BCUT2D eigenvalue weighted by Crippen LogP contribution is 2.43. The Balaban J connectivity index is 1.20. The van der Waals surface area contributed by atoms with Crippen LogP contribution in [0.2, 0.25) is 0 Å². The van der Waals surface area contributed by atoms with Gasteiger partial charge in [-0.25, -0.2) is 5.84 Å². The van der Waals surface area contributed by atoms with Crippen LogP contribution in [0.1, 0.15) is 56.1 Å². The SMILES string of the molecule is NN1N=C(c2ccc3c(c2)COC2(CCN(C4CCC4)CC2)O3)C2CCC2C1=O. The number of carbonyl (C=O) groups excluding carboxylic acids is 1. The smallest absolute Gasteiger partial charge is 0.261 e.